The number of hydrogen-bond acceptors (Lipinski definition) is 4. The van der Waals surface area contributed by atoms with Crippen molar-refractivity contribution in [1.29, 1.82) is 0 Å². The summed E-state index contributed by atoms with van der Waals surface area (Å²) in [5, 5.41) is 3.12. The predicted octanol–water partition coefficient (Wildman–Crippen LogP) is 2.57. The highest BCUT2D eigenvalue weighted by molar-refractivity contribution is 5.92. The lowest BCUT2D eigenvalue weighted by molar-refractivity contribution is 0.0745. The molecule has 0 aliphatic carbocycles. The van der Waals surface area contributed by atoms with E-state index in [0.29, 0.717) is 18.8 Å². The molecule has 0 fully saturated rings. The minimum absolute atomic E-state index is 0.0806. The minimum Gasteiger partial charge on any atom is -0.370 e. The molecule has 0 radical (unpaired) electrons. The van der Waals surface area contributed by atoms with Crippen LogP contribution < -0.4 is 5.32 Å². The summed E-state index contributed by atoms with van der Waals surface area (Å²) >= 11 is 0. The highest BCUT2D eigenvalue weighted by atomic mass is 16.2. The van der Waals surface area contributed by atoms with E-state index in [-0.39, 0.29) is 5.91 Å². The van der Waals surface area contributed by atoms with E-state index in [1.165, 1.54) is 0 Å². The molecule has 0 saturated heterocycles. The summed E-state index contributed by atoms with van der Waals surface area (Å²) in [4.78, 5) is 22.9. The van der Waals surface area contributed by atoms with Gasteiger partial charge in [0.15, 0.2) is 0 Å². The van der Waals surface area contributed by atoms with Crippen molar-refractivity contribution < 1.29 is 4.79 Å². The predicted molar refractivity (Wildman–Crippen MR) is 83.1 cm³/mol. The van der Waals surface area contributed by atoms with Crippen LogP contribution in [0.25, 0.3) is 0 Å². The lowest BCUT2D eigenvalue weighted by Gasteiger charge is -2.20. The monoisotopic (exact) mass is 284 g/mol. The molecule has 0 saturated carbocycles. The first-order valence-electron chi connectivity index (χ1n) is 7.14. The highest BCUT2D eigenvalue weighted by Crippen LogP contribution is 2.10. The van der Waals surface area contributed by atoms with Crippen molar-refractivity contribution in [3.05, 3.63) is 54.0 Å². The summed E-state index contributed by atoms with van der Waals surface area (Å²) < 4.78 is 0. The smallest absolute Gasteiger partial charge is 0.272 e. The van der Waals surface area contributed by atoms with Gasteiger partial charge < -0.3 is 10.2 Å². The zero-order valence-electron chi connectivity index (χ0n) is 12.4. The number of carbonyl (C=O) groups excluding carboxylic acids is 1. The van der Waals surface area contributed by atoms with E-state index >= 15 is 0 Å². The molecule has 2 heterocycles. The Morgan fingerprint density at radius 3 is 2.71 bits per heavy atom. The number of carbonyl (C=O) groups is 1. The molecule has 0 spiro atoms. The van der Waals surface area contributed by atoms with Gasteiger partial charge in [0, 0.05) is 19.3 Å². The maximum atomic E-state index is 12.5. The van der Waals surface area contributed by atoms with Gasteiger partial charge in [0.25, 0.3) is 5.91 Å². The number of pyridine rings is 2. The molecule has 1 N–H and O–H groups in total. The van der Waals surface area contributed by atoms with Crippen LogP contribution >= 0.6 is 0 Å². The molecular formula is C16H20N4O. The third-order valence-corrected chi connectivity index (χ3v) is 3.07. The van der Waals surface area contributed by atoms with Crippen LogP contribution in [0.5, 0.6) is 0 Å². The average molecular weight is 284 g/mol. The fourth-order valence-electron chi connectivity index (χ4n) is 2.01. The van der Waals surface area contributed by atoms with Crippen LogP contribution in [0.1, 0.15) is 30.0 Å². The van der Waals surface area contributed by atoms with Crippen LogP contribution in [0.3, 0.4) is 0 Å². The Kier molecular flexibility index (Phi) is 5.26. The first kappa shape index (κ1) is 15.0. The molecule has 5 nitrogen and oxygen atoms in total. The Balaban J connectivity index is 2.14. The summed E-state index contributed by atoms with van der Waals surface area (Å²) in [7, 11) is 0. The number of aromatic nitrogens is 2. The zero-order chi connectivity index (χ0) is 15.1. The summed E-state index contributed by atoms with van der Waals surface area (Å²) in [6, 6.07) is 11.1. The highest BCUT2D eigenvalue weighted by Gasteiger charge is 2.16. The Hall–Kier alpha value is -2.43. The van der Waals surface area contributed by atoms with Gasteiger partial charge in [0.2, 0.25) is 0 Å². The second-order valence-electron chi connectivity index (χ2n) is 4.58. The SMILES string of the molecule is CCNc1cccc(C(=O)N(CC)Cc2ccccn2)n1. The number of anilines is 1. The van der Waals surface area contributed by atoms with E-state index in [1.54, 1.807) is 17.2 Å². The maximum Gasteiger partial charge on any atom is 0.272 e. The van der Waals surface area contributed by atoms with Crippen molar-refractivity contribution in [2.24, 2.45) is 0 Å². The number of rotatable bonds is 6. The summed E-state index contributed by atoms with van der Waals surface area (Å²) in [5.74, 6) is 0.639. The van der Waals surface area contributed by atoms with Crippen LogP contribution in [0.4, 0.5) is 5.82 Å². The standard InChI is InChI=1S/C16H20N4O/c1-3-17-15-10-7-9-14(19-15)16(21)20(4-2)12-13-8-5-6-11-18-13/h5-11H,3-4,12H2,1-2H3,(H,17,19). The lowest BCUT2D eigenvalue weighted by Crippen LogP contribution is -2.31. The Morgan fingerprint density at radius 1 is 1.19 bits per heavy atom. The number of hydrogen-bond donors (Lipinski definition) is 1. The van der Waals surface area contributed by atoms with Gasteiger partial charge >= 0.3 is 0 Å². The normalized spacial score (nSPS) is 10.2. The van der Waals surface area contributed by atoms with Gasteiger partial charge in [-0.15, -0.1) is 0 Å². The minimum atomic E-state index is -0.0806. The fourth-order valence-corrected chi connectivity index (χ4v) is 2.01. The van der Waals surface area contributed by atoms with E-state index in [9.17, 15) is 4.79 Å². The van der Waals surface area contributed by atoms with E-state index in [1.807, 2.05) is 44.2 Å². The van der Waals surface area contributed by atoms with E-state index in [4.69, 9.17) is 0 Å². The van der Waals surface area contributed by atoms with E-state index < -0.39 is 0 Å². The third-order valence-electron chi connectivity index (χ3n) is 3.07. The van der Waals surface area contributed by atoms with Crippen LogP contribution in [-0.2, 0) is 6.54 Å². The van der Waals surface area contributed by atoms with Crippen molar-refractivity contribution in [2.45, 2.75) is 20.4 Å². The van der Waals surface area contributed by atoms with E-state index in [0.717, 1.165) is 18.1 Å². The Morgan fingerprint density at radius 2 is 2.05 bits per heavy atom. The van der Waals surface area contributed by atoms with E-state index in [2.05, 4.69) is 15.3 Å². The molecule has 2 aromatic heterocycles. The number of nitrogens with zero attached hydrogens (tertiary/aromatic N) is 3. The third kappa shape index (κ3) is 4.02. The number of amides is 1. The maximum absolute atomic E-state index is 12.5. The Labute approximate surface area is 125 Å². The fraction of sp³-hybridized carbons (Fsp3) is 0.312. The van der Waals surface area contributed by atoms with Gasteiger partial charge in [-0.05, 0) is 38.1 Å². The molecule has 0 bridgehead atoms. The molecule has 0 atom stereocenters. The molecule has 0 aromatic carbocycles. The van der Waals surface area contributed by atoms with Gasteiger partial charge in [-0.25, -0.2) is 4.98 Å². The van der Waals surface area contributed by atoms with Crippen molar-refractivity contribution in [3.8, 4) is 0 Å². The van der Waals surface area contributed by atoms with Crippen LogP contribution in [0.15, 0.2) is 42.6 Å². The zero-order valence-corrected chi connectivity index (χ0v) is 12.4. The van der Waals surface area contributed by atoms with Gasteiger partial charge in [-0.1, -0.05) is 12.1 Å². The van der Waals surface area contributed by atoms with Crippen LogP contribution in [0.2, 0.25) is 0 Å². The molecular weight excluding hydrogens is 264 g/mol. The van der Waals surface area contributed by atoms with Crippen LogP contribution in [0, 0.1) is 0 Å². The molecule has 5 heteroatoms. The summed E-state index contributed by atoms with van der Waals surface area (Å²) in [6.45, 7) is 5.83. The molecule has 0 aliphatic rings. The molecule has 1 amide bonds. The molecule has 2 rings (SSSR count). The second kappa shape index (κ2) is 7.38. The van der Waals surface area contributed by atoms with Gasteiger partial charge in [-0.2, -0.15) is 0 Å². The van der Waals surface area contributed by atoms with Gasteiger partial charge in [-0.3, -0.25) is 9.78 Å². The van der Waals surface area contributed by atoms with Crippen LogP contribution in [-0.4, -0.2) is 33.9 Å². The first-order valence-corrected chi connectivity index (χ1v) is 7.14. The van der Waals surface area contributed by atoms with Crippen molar-refractivity contribution in [2.75, 3.05) is 18.4 Å². The topological polar surface area (TPSA) is 58.1 Å². The molecule has 21 heavy (non-hydrogen) atoms. The molecule has 0 aliphatic heterocycles. The summed E-state index contributed by atoms with van der Waals surface area (Å²) in [5.41, 5.74) is 1.32. The van der Waals surface area contributed by atoms with Gasteiger partial charge in [0.1, 0.15) is 11.5 Å². The number of nitrogens with one attached hydrogen (secondary N) is 1. The van der Waals surface area contributed by atoms with Gasteiger partial charge in [0.05, 0.1) is 12.2 Å². The van der Waals surface area contributed by atoms with Crippen molar-refractivity contribution in [3.63, 3.8) is 0 Å². The van der Waals surface area contributed by atoms with Crippen molar-refractivity contribution in [1.82, 2.24) is 14.9 Å². The average Bonchev–Trinajstić information content (AvgIpc) is 2.53. The summed E-state index contributed by atoms with van der Waals surface area (Å²) in [6.07, 6.45) is 1.73. The molecule has 110 valence electrons. The lowest BCUT2D eigenvalue weighted by atomic mass is 10.2. The second-order valence-corrected chi connectivity index (χ2v) is 4.58. The molecule has 2 aromatic rings. The first-order chi connectivity index (χ1) is 10.2. The largest absolute Gasteiger partial charge is 0.370 e. The quantitative estimate of drug-likeness (QED) is 0.885. The van der Waals surface area contributed by atoms with Crippen molar-refractivity contribution >= 4 is 11.7 Å². The molecule has 0 unspecified atom stereocenters. The Bertz CT molecular complexity index is 586.